The molecular weight excluding hydrogens is 232 g/mol. The first-order chi connectivity index (χ1) is 9.10. The number of nitrogens with two attached hydrogens (primary N) is 1. The summed E-state index contributed by atoms with van der Waals surface area (Å²) < 4.78 is 0. The summed E-state index contributed by atoms with van der Waals surface area (Å²) in [5.41, 5.74) is 11.7. The highest BCUT2D eigenvalue weighted by atomic mass is 15.1. The molecule has 2 aromatic carbocycles. The summed E-state index contributed by atoms with van der Waals surface area (Å²) in [5, 5.41) is 0. The van der Waals surface area contributed by atoms with Crippen molar-refractivity contribution in [3.8, 4) is 0 Å². The molecule has 2 rings (SSSR count). The number of benzene rings is 2. The van der Waals surface area contributed by atoms with E-state index in [0.717, 1.165) is 24.2 Å². The zero-order valence-corrected chi connectivity index (χ0v) is 12.0. The molecule has 0 aliphatic heterocycles. The number of rotatable bonds is 4. The monoisotopic (exact) mass is 254 g/mol. The van der Waals surface area contributed by atoms with Gasteiger partial charge >= 0.3 is 0 Å². The van der Waals surface area contributed by atoms with E-state index in [-0.39, 0.29) is 0 Å². The van der Waals surface area contributed by atoms with Crippen molar-refractivity contribution in [1.29, 1.82) is 0 Å². The van der Waals surface area contributed by atoms with Gasteiger partial charge in [0.1, 0.15) is 0 Å². The molecule has 100 valence electrons. The first-order valence-electron chi connectivity index (χ1n) is 6.75. The molecule has 0 bridgehead atoms. The largest absolute Gasteiger partial charge is 0.399 e. The Kier molecular flexibility index (Phi) is 4.10. The van der Waals surface area contributed by atoms with E-state index >= 15 is 0 Å². The SMILES string of the molecule is CCc1ccc(CN(C)c2ccc(N)c(C)c2)cc1. The maximum absolute atomic E-state index is 5.85. The van der Waals surface area contributed by atoms with E-state index in [1.807, 2.05) is 13.0 Å². The van der Waals surface area contributed by atoms with Gasteiger partial charge in [0.25, 0.3) is 0 Å². The normalized spacial score (nSPS) is 10.5. The average Bonchev–Trinajstić information content (AvgIpc) is 2.42. The third kappa shape index (κ3) is 3.28. The van der Waals surface area contributed by atoms with Gasteiger partial charge in [0.05, 0.1) is 0 Å². The highest BCUT2D eigenvalue weighted by Gasteiger charge is 2.04. The molecule has 0 aliphatic rings. The third-order valence-electron chi connectivity index (χ3n) is 3.55. The number of nitrogens with zero attached hydrogens (tertiary/aromatic N) is 1. The van der Waals surface area contributed by atoms with Gasteiger partial charge in [-0.1, -0.05) is 31.2 Å². The maximum atomic E-state index is 5.85. The van der Waals surface area contributed by atoms with Crippen molar-refractivity contribution in [2.45, 2.75) is 26.8 Å². The van der Waals surface area contributed by atoms with Crippen LogP contribution < -0.4 is 10.6 Å². The van der Waals surface area contributed by atoms with Crippen LogP contribution in [0.4, 0.5) is 11.4 Å². The second-order valence-corrected chi connectivity index (χ2v) is 5.07. The maximum Gasteiger partial charge on any atom is 0.0426 e. The fraction of sp³-hybridized carbons (Fsp3) is 0.294. The number of hydrogen-bond acceptors (Lipinski definition) is 2. The van der Waals surface area contributed by atoms with Crippen LogP contribution in [-0.4, -0.2) is 7.05 Å². The van der Waals surface area contributed by atoms with Gasteiger partial charge in [-0.3, -0.25) is 0 Å². The lowest BCUT2D eigenvalue weighted by molar-refractivity contribution is 0.920. The van der Waals surface area contributed by atoms with Gasteiger partial charge in [-0.15, -0.1) is 0 Å². The van der Waals surface area contributed by atoms with Gasteiger partial charge < -0.3 is 10.6 Å². The molecular formula is C17H22N2. The summed E-state index contributed by atoms with van der Waals surface area (Å²) >= 11 is 0. The summed E-state index contributed by atoms with van der Waals surface area (Å²) in [6, 6.07) is 15.0. The molecule has 0 atom stereocenters. The van der Waals surface area contributed by atoms with Crippen LogP contribution in [0.1, 0.15) is 23.6 Å². The Morgan fingerprint density at radius 3 is 2.21 bits per heavy atom. The van der Waals surface area contributed by atoms with Gasteiger partial charge in [0.2, 0.25) is 0 Å². The standard InChI is InChI=1S/C17H22N2/c1-4-14-5-7-15(8-6-14)12-19(3)16-9-10-17(18)13(2)11-16/h5-11H,4,12,18H2,1-3H3. The molecule has 2 nitrogen and oxygen atoms in total. The van der Waals surface area contributed by atoms with E-state index in [1.165, 1.54) is 16.8 Å². The fourth-order valence-electron chi connectivity index (χ4n) is 2.14. The summed E-state index contributed by atoms with van der Waals surface area (Å²) in [7, 11) is 2.11. The Morgan fingerprint density at radius 1 is 1.00 bits per heavy atom. The first kappa shape index (κ1) is 13.5. The second kappa shape index (κ2) is 5.79. The highest BCUT2D eigenvalue weighted by Crippen LogP contribution is 2.21. The number of aryl methyl sites for hydroxylation is 2. The minimum absolute atomic E-state index is 0.851. The topological polar surface area (TPSA) is 29.3 Å². The minimum atomic E-state index is 0.851. The Hall–Kier alpha value is -1.96. The summed E-state index contributed by atoms with van der Waals surface area (Å²) in [4.78, 5) is 2.24. The number of anilines is 2. The van der Waals surface area contributed by atoms with E-state index in [0.29, 0.717) is 0 Å². The molecule has 19 heavy (non-hydrogen) atoms. The molecule has 0 saturated carbocycles. The predicted molar refractivity (Wildman–Crippen MR) is 83.5 cm³/mol. The predicted octanol–water partition coefficient (Wildman–Crippen LogP) is 3.78. The van der Waals surface area contributed by atoms with Crippen molar-refractivity contribution in [3.63, 3.8) is 0 Å². The summed E-state index contributed by atoms with van der Waals surface area (Å²) in [5.74, 6) is 0. The van der Waals surface area contributed by atoms with Crippen molar-refractivity contribution in [1.82, 2.24) is 0 Å². The van der Waals surface area contributed by atoms with Crippen molar-refractivity contribution < 1.29 is 0 Å². The molecule has 2 aromatic rings. The van der Waals surface area contributed by atoms with E-state index < -0.39 is 0 Å². The molecule has 0 radical (unpaired) electrons. The Balaban J connectivity index is 2.10. The second-order valence-electron chi connectivity index (χ2n) is 5.07. The summed E-state index contributed by atoms with van der Waals surface area (Å²) in [6.45, 7) is 5.13. The summed E-state index contributed by atoms with van der Waals surface area (Å²) in [6.07, 6.45) is 1.09. The molecule has 0 heterocycles. The van der Waals surface area contributed by atoms with Crippen LogP contribution in [0.15, 0.2) is 42.5 Å². The molecule has 2 heteroatoms. The van der Waals surface area contributed by atoms with Crippen LogP contribution in [0.3, 0.4) is 0 Å². The van der Waals surface area contributed by atoms with Crippen molar-refractivity contribution in [2.75, 3.05) is 17.7 Å². The van der Waals surface area contributed by atoms with E-state index in [4.69, 9.17) is 5.73 Å². The number of hydrogen-bond donors (Lipinski definition) is 1. The van der Waals surface area contributed by atoms with Crippen LogP contribution in [0, 0.1) is 6.92 Å². The van der Waals surface area contributed by atoms with Gasteiger partial charge in [0.15, 0.2) is 0 Å². The van der Waals surface area contributed by atoms with Crippen molar-refractivity contribution >= 4 is 11.4 Å². The Bertz CT molecular complexity index is 544. The van der Waals surface area contributed by atoms with E-state index in [1.54, 1.807) is 0 Å². The molecule has 0 saturated heterocycles. The lowest BCUT2D eigenvalue weighted by Gasteiger charge is -2.20. The van der Waals surface area contributed by atoms with E-state index in [2.05, 4.69) is 55.3 Å². The molecule has 2 N–H and O–H groups in total. The van der Waals surface area contributed by atoms with Crippen LogP contribution in [0.2, 0.25) is 0 Å². The van der Waals surface area contributed by atoms with Gasteiger partial charge in [-0.2, -0.15) is 0 Å². The molecule has 0 amide bonds. The van der Waals surface area contributed by atoms with Gasteiger partial charge in [-0.05, 0) is 48.2 Å². The molecule has 0 fully saturated rings. The van der Waals surface area contributed by atoms with Crippen LogP contribution in [-0.2, 0) is 13.0 Å². The lowest BCUT2D eigenvalue weighted by Crippen LogP contribution is -2.16. The Labute approximate surface area is 115 Å². The zero-order valence-electron chi connectivity index (χ0n) is 12.0. The number of nitrogen functional groups attached to an aromatic ring is 1. The molecule has 0 unspecified atom stereocenters. The third-order valence-corrected chi connectivity index (χ3v) is 3.55. The zero-order chi connectivity index (χ0) is 13.8. The van der Waals surface area contributed by atoms with Crippen molar-refractivity contribution in [2.24, 2.45) is 0 Å². The fourth-order valence-corrected chi connectivity index (χ4v) is 2.14. The molecule has 0 aliphatic carbocycles. The van der Waals surface area contributed by atoms with Crippen molar-refractivity contribution in [3.05, 3.63) is 59.2 Å². The minimum Gasteiger partial charge on any atom is -0.399 e. The van der Waals surface area contributed by atoms with E-state index in [9.17, 15) is 0 Å². The smallest absolute Gasteiger partial charge is 0.0426 e. The van der Waals surface area contributed by atoms with Gasteiger partial charge in [-0.25, -0.2) is 0 Å². The quantitative estimate of drug-likeness (QED) is 0.841. The average molecular weight is 254 g/mol. The highest BCUT2D eigenvalue weighted by molar-refractivity contribution is 5.57. The van der Waals surface area contributed by atoms with Crippen LogP contribution in [0.5, 0.6) is 0 Å². The molecule has 0 spiro atoms. The Morgan fingerprint density at radius 2 is 1.63 bits per heavy atom. The molecule has 0 aromatic heterocycles. The van der Waals surface area contributed by atoms with Crippen LogP contribution >= 0.6 is 0 Å². The van der Waals surface area contributed by atoms with Crippen LogP contribution in [0.25, 0.3) is 0 Å². The first-order valence-corrected chi connectivity index (χ1v) is 6.75. The lowest BCUT2D eigenvalue weighted by atomic mass is 10.1. The van der Waals surface area contributed by atoms with Gasteiger partial charge in [0, 0.05) is 25.0 Å².